The molecule has 1 aromatic heterocycles. The van der Waals surface area contributed by atoms with Crippen LogP contribution in [0, 0.1) is 11.3 Å². The molecule has 1 heterocycles. The van der Waals surface area contributed by atoms with Crippen molar-refractivity contribution in [2.75, 3.05) is 32.4 Å². The van der Waals surface area contributed by atoms with E-state index in [-0.39, 0.29) is 0 Å². The van der Waals surface area contributed by atoms with Gasteiger partial charge in [0, 0.05) is 11.3 Å². The van der Waals surface area contributed by atoms with Crippen LogP contribution in [-0.2, 0) is 0 Å². The van der Waals surface area contributed by atoms with Gasteiger partial charge in [-0.25, -0.2) is 9.97 Å². The van der Waals surface area contributed by atoms with Crippen molar-refractivity contribution in [3.63, 3.8) is 0 Å². The first-order valence-electron chi connectivity index (χ1n) is 11.2. The van der Waals surface area contributed by atoms with Crippen molar-refractivity contribution >= 4 is 23.3 Å². The summed E-state index contributed by atoms with van der Waals surface area (Å²) in [4.78, 5) is 9.16. The summed E-state index contributed by atoms with van der Waals surface area (Å²) >= 11 is 1.41. The van der Waals surface area contributed by atoms with E-state index in [4.69, 9.17) is 14.2 Å². The Bertz CT molecular complexity index is 1130. The normalized spacial score (nSPS) is 10.4. The molecule has 7 nitrogen and oxygen atoms in total. The SMILES string of the molecule is CCCCCCOc1ccc(Nc2nc(SC)nc(-c3ccc(OC)c(OC)c3)c2C#N)cc1. The van der Waals surface area contributed by atoms with Crippen molar-refractivity contribution in [1.82, 2.24) is 9.97 Å². The summed E-state index contributed by atoms with van der Waals surface area (Å²) in [5.74, 6) is 2.43. The van der Waals surface area contributed by atoms with Gasteiger partial charge in [-0.3, -0.25) is 0 Å². The molecule has 0 spiro atoms. The van der Waals surface area contributed by atoms with Crippen LogP contribution < -0.4 is 19.5 Å². The van der Waals surface area contributed by atoms with Gasteiger partial charge in [0.05, 0.1) is 26.5 Å². The minimum absolute atomic E-state index is 0.348. The molecule has 0 saturated heterocycles. The Morgan fingerprint density at radius 1 is 0.971 bits per heavy atom. The molecule has 2 aromatic carbocycles. The van der Waals surface area contributed by atoms with Gasteiger partial charge in [0.25, 0.3) is 0 Å². The molecular formula is C26H30N4O3S. The van der Waals surface area contributed by atoms with E-state index in [0.717, 1.165) is 23.4 Å². The summed E-state index contributed by atoms with van der Waals surface area (Å²) in [7, 11) is 3.16. The second-order valence-electron chi connectivity index (χ2n) is 7.52. The summed E-state index contributed by atoms with van der Waals surface area (Å²) in [5, 5.41) is 13.8. The second-order valence-corrected chi connectivity index (χ2v) is 8.30. The number of anilines is 2. The molecule has 0 fully saturated rings. The average molecular weight is 479 g/mol. The molecule has 0 unspecified atom stereocenters. The highest BCUT2D eigenvalue weighted by Gasteiger charge is 2.18. The molecule has 3 aromatic rings. The smallest absolute Gasteiger partial charge is 0.189 e. The quantitative estimate of drug-likeness (QED) is 0.180. The molecule has 1 N–H and O–H groups in total. The van der Waals surface area contributed by atoms with E-state index in [2.05, 4.69) is 28.3 Å². The lowest BCUT2D eigenvalue weighted by Crippen LogP contribution is -2.04. The van der Waals surface area contributed by atoms with Crippen molar-refractivity contribution in [2.24, 2.45) is 0 Å². The summed E-state index contributed by atoms with van der Waals surface area (Å²) in [6, 6.07) is 15.4. The number of rotatable bonds is 12. The Hall–Kier alpha value is -3.44. The average Bonchev–Trinajstić information content (AvgIpc) is 2.88. The molecule has 0 amide bonds. The van der Waals surface area contributed by atoms with Crippen LogP contribution in [0.15, 0.2) is 47.6 Å². The number of hydrogen-bond donors (Lipinski definition) is 1. The number of methoxy groups -OCH3 is 2. The molecular weight excluding hydrogens is 448 g/mol. The highest BCUT2D eigenvalue weighted by Crippen LogP contribution is 2.35. The van der Waals surface area contributed by atoms with Crippen LogP contribution in [0.4, 0.5) is 11.5 Å². The van der Waals surface area contributed by atoms with Crippen molar-refractivity contribution in [3.8, 4) is 34.6 Å². The van der Waals surface area contributed by atoms with Gasteiger partial charge < -0.3 is 19.5 Å². The van der Waals surface area contributed by atoms with Gasteiger partial charge >= 0.3 is 0 Å². The van der Waals surface area contributed by atoms with E-state index in [1.165, 1.54) is 31.0 Å². The van der Waals surface area contributed by atoms with E-state index in [0.29, 0.717) is 40.3 Å². The van der Waals surface area contributed by atoms with Gasteiger partial charge in [-0.1, -0.05) is 37.9 Å². The van der Waals surface area contributed by atoms with Gasteiger partial charge in [0.2, 0.25) is 0 Å². The third-order valence-electron chi connectivity index (χ3n) is 5.22. The van der Waals surface area contributed by atoms with Crippen LogP contribution in [0.1, 0.15) is 38.2 Å². The second kappa shape index (κ2) is 12.7. The number of thioether (sulfide) groups is 1. The predicted octanol–water partition coefficient (Wildman–Crippen LogP) is 6.46. The summed E-state index contributed by atoms with van der Waals surface area (Å²) in [6.07, 6.45) is 6.57. The largest absolute Gasteiger partial charge is 0.494 e. The van der Waals surface area contributed by atoms with E-state index < -0.39 is 0 Å². The summed E-state index contributed by atoms with van der Waals surface area (Å²) in [5.41, 5.74) is 2.42. The zero-order valence-electron chi connectivity index (χ0n) is 20.1. The Balaban J connectivity index is 1.86. The Morgan fingerprint density at radius 3 is 2.38 bits per heavy atom. The van der Waals surface area contributed by atoms with Crippen LogP contribution >= 0.6 is 11.8 Å². The standard InChI is InChI=1S/C26H30N4O3S/c1-5-6-7-8-15-33-20-12-10-19(11-13-20)28-25-21(17-27)24(29-26(30-25)34-4)18-9-14-22(31-2)23(16-18)32-3/h9-14,16H,5-8,15H2,1-4H3,(H,28,29,30). The van der Waals surface area contributed by atoms with Crippen LogP contribution in [0.25, 0.3) is 11.3 Å². The number of hydrogen-bond acceptors (Lipinski definition) is 8. The molecule has 0 aliphatic heterocycles. The molecule has 0 radical (unpaired) electrons. The van der Waals surface area contributed by atoms with Gasteiger partial charge in [-0.2, -0.15) is 5.26 Å². The third kappa shape index (κ3) is 6.33. The van der Waals surface area contributed by atoms with Crippen LogP contribution in [0.3, 0.4) is 0 Å². The van der Waals surface area contributed by atoms with E-state index in [9.17, 15) is 5.26 Å². The fourth-order valence-corrected chi connectivity index (χ4v) is 3.78. The van der Waals surface area contributed by atoms with E-state index in [1.54, 1.807) is 20.3 Å². The van der Waals surface area contributed by atoms with Gasteiger partial charge in [-0.15, -0.1) is 0 Å². The number of nitrogens with one attached hydrogen (secondary N) is 1. The maximum absolute atomic E-state index is 9.98. The minimum atomic E-state index is 0.348. The molecule has 0 aliphatic rings. The first-order chi connectivity index (χ1) is 16.6. The van der Waals surface area contributed by atoms with E-state index >= 15 is 0 Å². The van der Waals surface area contributed by atoms with Crippen molar-refractivity contribution in [2.45, 2.75) is 37.8 Å². The minimum Gasteiger partial charge on any atom is -0.494 e. The van der Waals surface area contributed by atoms with Gasteiger partial charge in [0.15, 0.2) is 22.5 Å². The number of nitriles is 1. The van der Waals surface area contributed by atoms with Crippen molar-refractivity contribution in [3.05, 3.63) is 48.0 Å². The lowest BCUT2D eigenvalue weighted by molar-refractivity contribution is 0.305. The first-order valence-corrected chi connectivity index (χ1v) is 12.4. The van der Waals surface area contributed by atoms with Crippen LogP contribution in [-0.4, -0.2) is 37.1 Å². The predicted molar refractivity (Wildman–Crippen MR) is 136 cm³/mol. The lowest BCUT2D eigenvalue weighted by atomic mass is 10.1. The Morgan fingerprint density at radius 2 is 1.74 bits per heavy atom. The van der Waals surface area contributed by atoms with Crippen LogP contribution in [0.5, 0.6) is 17.2 Å². The zero-order valence-corrected chi connectivity index (χ0v) is 20.9. The topological polar surface area (TPSA) is 89.3 Å². The molecule has 0 bridgehead atoms. The molecule has 0 atom stereocenters. The number of unbranched alkanes of at least 4 members (excludes halogenated alkanes) is 3. The monoisotopic (exact) mass is 478 g/mol. The zero-order chi connectivity index (χ0) is 24.3. The van der Waals surface area contributed by atoms with E-state index in [1.807, 2.05) is 42.7 Å². The fourth-order valence-electron chi connectivity index (χ4n) is 3.41. The molecule has 178 valence electrons. The molecule has 8 heteroatoms. The number of benzene rings is 2. The van der Waals surface area contributed by atoms with Gasteiger partial charge in [-0.05, 0) is 55.1 Å². The Kier molecular flexibility index (Phi) is 9.41. The highest BCUT2D eigenvalue weighted by molar-refractivity contribution is 7.98. The molecule has 3 rings (SSSR count). The summed E-state index contributed by atoms with van der Waals surface area (Å²) < 4.78 is 16.6. The van der Waals surface area contributed by atoms with Crippen LogP contribution in [0.2, 0.25) is 0 Å². The first kappa shape index (κ1) is 25.2. The van der Waals surface area contributed by atoms with Gasteiger partial charge in [0.1, 0.15) is 17.4 Å². The highest BCUT2D eigenvalue weighted by atomic mass is 32.2. The maximum atomic E-state index is 9.98. The Labute approximate surface area is 205 Å². The van der Waals surface area contributed by atoms with Crippen molar-refractivity contribution < 1.29 is 14.2 Å². The number of nitrogens with zero attached hydrogens (tertiary/aromatic N) is 3. The summed E-state index contributed by atoms with van der Waals surface area (Å²) in [6.45, 7) is 2.91. The molecule has 0 saturated carbocycles. The molecule has 34 heavy (non-hydrogen) atoms. The fraction of sp³-hybridized carbons (Fsp3) is 0.346. The lowest BCUT2D eigenvalue weighted by Gasteiger charge is -2.14. The number of aromatic nitrogens is 2. The number of ether oxygens (including phenoxy) is 3. The molecule has 0 aliphatic carbocycles. The maximum Gasteiger partial charge on any atom is 0.189 e. The third-order valence-corrected chi connectivity index (χ3v) is 5.77. The van der Waals surface area contributed by atoms with Crippen molar-refractivity contribution in [1.29, 1.82) is 5.26 Å².